The molecule has 1 N–H and O–H groups in total. The van der Waals surface area contributed by atoms with E-state index >= 15 is 0 Å². The molecule has 0 radical (unpaired) electrons. The number of hydrogen-bond donors (Lipinski definition) is 1. The first-order valence-electron chi connectivity index (χ1n) is 13.6. The summed E-state index contributed by atoms with van der Waals surface area (Å²) in [5.41, 5.74) is 4.28. The molecule has 31 heavy (non-hydrogen) atoms. The number of rotatable bonds is 6. The second kappa shape index (κ2) is 8.66. The highest BCUT2D eigenvalue weighted by Crippen LogP contribution is 2.67. The molecule has 4 aliphatic carbocycles. The molecular weight excluding hydrogens is 376 g/mol. The first-order chi connectivity index (χ1) is 14.6. The van der Waals surface area contributed by atoms with Gasteiger partial charge in [0.2, 0.25) is 0 Å². The highest BCUT2D eigenvalue weighted by molar-refractivity contribution is 5.27. The summed E-state index contributed by atoms with van der Waals surface area (Å²) in [5.74, 6) is 5.35. The molecule has 0 aromatic rings. The van der Waals surface area contributed by atoms with Crippen LogP contribution in [0.4, 0.5) is 0 Å². The zero-order valence-electron chi connectivity index (χ0n) is 21.4. The number of hydrogen-bond acceptors (Lipinski definition) is 1. The molecule has 1 heteroatoms. The van der Waals surface area contributed by atoms with E-state index in [0.717, 1.165) is 36.5 Å². The van der Waals surface area contributed by atoms with Gasteiger partial charge >= 0.3 is 0 Å². The number of fused-ring (bicyclic) bond motifs is 5. The first kappa shape index (κ1) is 23.6. The smallest absolute Gasteiger partial charge is 0.0543 e. The molecule has 0 amide bonds. The summed E-state index contributed by atoms with van der Waals surface area (Å²) in [5, 5.41) is 10.3. The van der Waals surface area contributed by atoms with Gasteiger partial charge in [-0.05, 0) is 116 Å². The molecule has 0 bridgehead atoms. The van der Waals surface area contributed by atoms with E-state index in [4.69, 9.17) is 0 Å². The number of allylic oxidation sites excluding steroid dienone is 3. The molecule has 0 heterocycles. The lowest BCUT2D eigenvalue weighted by Gasteiger charge is -2.57. The topological polar surface area (TPSA) is 20.2 Å². The van der Waals surface area contributed by atoms with Crippen molar-refractivity contribution < 1.29 is 5.11 Å². The molecule has 0 spiro atoms. The normalized spacial score (nSPS) is 44.1. The van der Waals surface area contributed by atoms with E-state index in [-0.39, 0.29) is 6.10 Å². The van der Waals surface area contributed by atoms with Crippen molar-refractivity contribution in [2.45, 2.75) is 112 Å². The van der Waals surface area contributed by atoms with Gasteiger partial charge < -0.3 is 5.11 Å². The molecule has 4 unspecified atom stereocenters. The van der Waals surface area contributed by atoms with Crippen LogP contribution in [0, 0.1) is 52.3 Å². The van der Waals surface area contributed by atoms with Crippen molar-refractivity contribution >= 4 is 0 Å². The second-order valence-electron chi connectivity index (χ2n) is 13.1. The Morgan fingerprint density at radius 2 is 1.71 bits per heavy atom. The van der Waals surface area contributed by atoms with Crippen molar-refractivity contribution in [1.82, 2.24) is 0 Å². The van der Waals surface area contributed by atoms with Crippen LogP contribution in [0.25, 0.3) is 0 Å². The lowest BCUT2D eigenvalue weighted by molar-refractivity contribution is -0.0427. The number of aliphatic hydroxyl groups is 1. The van der Waals surface area contributed by atoms with E-state index in [1.165, 1.54) is 56.9 Å². The van der Waals surface area contributed by atoms with Gasteiger partial charge in [-0.15, -0.1) is 0 Å². The molecule has 9 atom stereocenters. The summed E-state index contributed by atoms with van der Waals surface area (Å²) in [6.07, 6.45) is 15.3. The van der Waals surface area contributed by atoms with Gasteiger partial charge in [0, 0.05) is 0 Å². The standard InChI is InChI=1S/C30H50O/c1-19(2)22(5)20(3)8-9-21(4)26-12-13-27-25-11-10-23-18-24(31)14-16-29(23,6)28(25)15-17-30(26,27)7/h11,19,21-24,26-28,31H,3,8-10,12-18H2,1-2,4-7H3/t21?,22?,23-,24-,26+,27?,28?,29-,30+/m0/s1. The quantitative estimate of drug-likeness (QED) is 0.424. The fourth-order valence-electron chi connectivity index (χ4n) is 8.78. The number of aliphatic hydroxyl groups excluding tert-OH is 1. The van der Waals surface area contributed by atoms with Crippen LogP contribution < -0.4 is 0 Å². The van der Waals surface area contributed by atoms with E-state index in [1.807, 2.05) is 5.57 Å². The minimum Gasteiger partial charge on any atom is -0.393 e. The Hall–Kier alpha value is -0.560. The largest absolute Gasteiger partial charge is 0.393 e. The van der Waals surface area contributed by atoms with Crippen molar-refractivity contribution in [3.05, 3.63) is 23.8 Å². The lowest BCUT2D eigenvalue weighted by atomic mass is 9.47. The van der Waals surface area contributed by atoms with Crippen molar-refractivity contribution in [2.75, 3.05) is 0 Å². The van der Waals surface area contributed by atoms with Gasteiger partial charge in [0.15, 0.2) is 0 Å². The van der Waals surface area contributed by atoms with E-state index in [1.54, 1.807) is 0 Å². The maximum Gasteiger partial charge on any atom is 0.0543 e. The van der Waals surface area contributed by atoms with Gasteiger partial charge in [-0.1, -0.05) is 65.3 Å². The third kappa shape index (κ3) is 4.00. The van der Waals surface area contributed by atoms with Crippen molar-refractivity contribution in [1.29, 1.82) is 0 Å². The predicted octanol–water partition coefficient (Wildman–Crippen LogP) is 8.19. The minimum atomic E-state index is -0.0493. The molecule has 0 saturated heterocycles. The summed E-state index contributed by atoms with van der Waals surface area (Å²) >= 11 is 0. The fraction of sp³-hybridized carbons (Fsp3) is 0.867. The first-order valence-corrected chi connectivity index (χ1v) is 13.6. The van der Waals surface area contributed by atoms with Crippen LogP contribution in [-0.2, 0) is 0 Å². The fourth-order valence-corrected chi connectivity index (χ4v) is 8.78. The predicted molar refractivity (Wildman–Crippen MR) is 133 cm³/mol. The van der Waals surface area contributed by atoms with Crippen LogP contribution in [0.15, 0.2) is 23.8 Å². The van der Waals surface area contributed by atoms with E-state index in [2.05, 4.69) is 54.2 Å². The Morgan fingerprint density at radius 3 is 2.42 bits per heavy atom. The maximum absolute atomic E-state index is 10.3. The Morgan fingerprint density at radius 1 is 1.03 bits per heavy atom. The van der Waals surface area contributed by atoms with Crippen molar-refractivity contribution in [3.8, 4) is 0 Å². The summed E-state index contributed by atoms with van der Waals surface area (Å²) in [4.78, 5) is 0. The minimum absolute atomic E-state index is 0.0493. The molecule has 176 valence electrons. The molecule has 3 saturated carbocycles. The average Bonchev–Trinajstić information content (AvgIpc) is 3.09. The van der Waals surface area contributed by atoms with Crippen molar-refractivity contribution in [3.63, 3.8) is 0 Å². The Balaban J connectivity index is 1.46. The third-order valence-electron chi connectivity index (χ3n) is 11.4. The van der Waals surface area contributed by atoms with Crippen LogP contribution in [0.3, 0.4) is 0 Å². The summed E-state index contributed by atoms with van der Waals surface area (Å²) < 4.78 is 0. The highest BCUT2D eigenvalue weighted by Gasteiger charge is 2.58. The zero-order chi connectivity index (χ0) is 22.6. The second-order valence-corrected chi connectivity index (χ2v) is 13.1. The molecule has 0 aromatic heterocycles. The SMILES string of the molecule is C=C(CCC(C)[C@H]1CCC2C3=CC[C@H]4C[C@@H](O)CC[C@]4(C)C3CC[C@@]21C)C(C)C(C)C. The Bertz CT molecular complexity index is 703. The molecule has 0 aromatic carbocycles. The van der Waals surface area contributed by atoms with Gasteiger partial charge in [-0.25, -0.2) is 0 Å². The highest BCUT2D eigenvalue weighted by atomic mass is 16.3. The van der Waals surface area contributed by atoms with E-state index in [9.17, 15) is 5.11 Å². The van der Waals surface area contributed by atoms with E-state index < -0.39 is 0 Å². The Labute approximate surface area is 193 Å². The molecule has 1 nitrogen and oxygen atoms in total. The maximum atomic E-state index is 10.3. The summed E-state index contributed by atoms with van der Waals surface area (Å²) in [6, 6.07) is 0. The van der Waals surface area contributed by atoms with Crippen molar-refractivity contribution in [2.24, 2.45) is 52.3 Å². The van der Waals surface area contributed by atoms with Crippen LogP contribution in [0.2, 0.25) is 0 Å². The molecular formula is C30H50O. The van der Waals surface area contributed by atoms with Gasteiger partial charge in [0.25, 0.3) is 0 Å². The average molecular weight is 427 g/mol. The van der Waals surface area contributed by atoms with Gasteiger partial charge in [0.1, 0.15) is 0 Å². The summed E-state index contributed by atoms with van der Waals surface area (Å²) in [7, 11) is 0. The zero-order valence-corrected chi connectivity index (χ0v) is 21.4. The third-order valence-corrected chi connectivity index (χ3v) is 11.4. The monoisotopic (exact) mass is 426 g/mol. The lowest BCUT2D eigenvalue weighted by Crippen LogP contribution is -2.49. The van der Waals surface area contributed by atoms with Gasteiger partial charge in [-0.2, -0.15) is 0 Å². The molecule has 4 rings (SSSR count). The molecule has 3 fully saturated rings. The Kier molecular flexibility index (Phi) is 6.59. The van der Waals surface area contributed by atoms with E-state index in [0.29, 0.717) is 28.6 Å². The summed E-state index contributed by atoms with van der Waals surface area (Å²) in [6.45, 7) is 19.3. The van der Waals surface area contributed by atoms with Gasteiger partial charge in [-0.3, -0.25) is 0 Å². The van der Waals surface area contributed by atoms with Crippen LogP contribution in [0.1, 0.15) is 106 Å². The van der Waals surface area contributed by atoms with Crippen LogP contribution in [-0.4, -0.2) is 11.2 Å². The van der Waals surface area contributed by atoms with Crippen LogP contribution >= 0.6 is 0 Å². The van der Waals surface area contributed by atoms with Crippen LogP contribution in [0.5, 0.6) is 0 Å². The molecule has 0 aliphatic heterocycles. The molecule has 4 aliphatic rings. The van der Waals surface area contributed by atoms with Gasteiger partial charge in [0.05, 0.1) is 6.10 Å².